The lowest BCUT2D eigenvalue weighted by atomic mass is 9.97. The van der Waals surface area contributed by atoms with Crippen molar-refractivity contribution in [2.24, 2.45) is 0 Å². The molecule has 0 unspecified atom stereocenters. The van der Waals surface area contributed by atoms with Crippen LogP contribution in [0, 0.1) is 6.92 Å². The van der Waals surface area contributed by atoms with E-state index in [1.165, 1.54) is 24.8 Å². The van der Waals surface area contributed by atoms with Gasteiger partial charge in [0.05, 0.1) is 4.47 Å². The van der Waals surface area contributed by atoms with E-state index in [2.05, 4.69) is 52.7 Å². The van der Waals surface area contributed by atoms with E-state index in [0.29, 0.717) is 12.1 Å². The van der Waals surface area contributed by atoms with Crippen LogP contribution in [0.25, 0.3) is 0 Å². The van der Waals surface area contributed by atoms with Gasteiger partial charge in [0.2, 0.25) is 0 Å². The van der Waals surface area contributed by atoms with E-state index in [4.69, 9.17) is 0 Å². The summed E-state index contributed by atoms with van der Waals surface area (Å²) in [5, 5.41) is 0. The number of hydrogen-bond acceptors (Lipinski definition) is 2. The van der Waals surface area contributed by atoms with Gasteiger partial charge in [-0.2, -0.15) is 0 Å². The Morgan fingerprint density at radius 3 is 2.50 bits per heavy atom. The Hall–Kier alpha value is -0.570. The second-order valence-corrected chi connectivity index (χ2v) is 5.71. The fourth-order valence-electron chi connectivity index (χ4n) is 2.56. The molecular weight excluding hydrogens is 264 g/mol. The van der Waals surface area contributed by atoms with Crippen LogP contribution in [0.1, 0.15) is 38.7 Å². The molecule has 2 heterocycles. The van der Waals surface area contributed by atoms with Crippen molar-refractivity contribution in [3.8, 4) is 0 Å². The molecule has 2 atom stereocenters. The van der Waals surface area contributed by atoms with Gasteiger partial charge in [-0.1, -0.05) is 0 Å². The molecule has 1 aliphatic rings. The molecule has 2 nitrogen and oxygen atoms in total. The summed E-state index contributed by atoms with van der Waals surface area (Å²) in [6, 6.07) is 3.33. The van der Waals surface area contributed by atoms with Gasteiger partial charge in [0.15, 0.2) is 0 Å². The van der Waals surface area contributed by atoms with Crippen LogP contribution in [0.5, 0.6) is 0 Å². The highest BCUT2D eigenvalue weighted by molar-refractivity contribution is 9.10. The minimum atomic E-state index is 0.593. The van der Waals surface area contributed by atoms with E-state index in [1.54, 1.807) is 0 Å². The Labute approximate surface area is 106 Å². The molecule has 16 heavy (non-hydrogen) atoms. The van der Waals surface area contributed by atoms with E-state index < -0.39 is 0 Å². The maximum atomic E-state index is 4.58. The minimum absolute atomic E-state index is 0.593. The van der Waals surface area contributed by atoms with Crippen molar-refractivity contribution in [2.75, 3.05) is 4.90 Å². The number of aryl methyl sites for hydroxylation is 1. The molecule has 0 bridgehead atoms. The lowest BCUT2D eigenvalue weighted by molar-refractivity contribution is 0.410. The topological polar surface area (TPSA) is 16.1 Å². The first-order chi connectivity index (χ1) is 7.59. The smallest absolute Gasteiger partial charge is 0.143 e. The number of anilines is 1. The summed E-state index contributed by atoms with van der Waals surface area (Å²) >= 11 is 3.63. The van der Waals surface area contributed by atoms with Gasteiger partial charge in [-0.05, 0) is 67.6 Å². The first-order valence-electron chi connectivity index (χ1n) is 6.00. The standard InChI is InChI=1S/C13H19BrN2/c1-9-7-12(14)13(15-8-9)16-10(2)5-4-6-11(16)3/h7-8,10-11H,4-6H2,1-3H3/t10-,11+. The Morgan fingerprint density at radius 2 is 1.94 bits per heavy atom. The van der Waals surface area contributed by atoms with Gasteiger partial charge in [-0.15, -0.1) is 0 Å². The second-order valence-electron chi connectivity index (χ2n) is 4.85. The number of pyridine rings is 1. The summed E-state index contributed by atoms with van der Waals surface area (Å²) in [5.74, 6) is 1.10. The van der Waals surface area contributed by atoms with Crippen molar-refractivity contribution in [3.05, 3.63) is 22.3 Å². The number of rotatable bonds is 1. The summed E-state index contributed by atoms with van der Waals surface area (Å²) < 4.78 is 1.12. The Bertz CT molecular complexity index is 368. The summed E-state index contributed by atoms with van der Waals surface area (Å²) in [5.41, 5.74) is 1.20. The molecule has 88 valence electrons. The van der Waals surface area contributed by atoms with Gasteiger partial charge < -0.3 is 4.90 Å². The third kappa shape index (κ3) is 2.24. The van der Waals surface area contributed by atoms with E-state index in [9.17, 15) is 0 Å². The monoisotopic (exact) mass is 282 g/mol. The molecule has 0 aliphatic carbocycles. The zero-order valence-electron chi connectivity index (χ0n) is 10.2. The Morgan fingerprint density at radius 1 is 1.31 bits per heavy atom. The Balaban J connectivity index is 2.34. The summed E-state index contributed by atoms with van der Waals surface area (Å²) in [6.07, 6.45) is 5.83. The molecular formula is C13H19BrN2. The molecule has 2 rings (SSSR count). The highest BCUT2D eigenvalue weighted by atomic mass is 79.9. The number of piperidine rings is 1. The molecule has 0 aromatic carbocycles. The van der Waals surface area contributed by atoms with Gasteiger partial charge in [-0.25, -0.2) is 4.98 Å². The summed E-state index contributed by atoms with van der Waals surface area (Å²) in [7, 11) is 0. The lowest BCUT2D eigenvalue weighted by Crippen LogP contribution is -2.44. The van der Waals surface area contributed by atoms with Crippen molar-refractivity contribution < 1.29 is 0 Å². The van der Waals surface area contributed by atoms with Crippen LogP contribution in [0.15, 0.2) is 16.7 Å². The molecule has 1 aromatic rings. The minimum Gasteiger partial charge on any atom is -0.350 e. The summed E-state index contributed by atoms with van der Waals surface area (Å²) in [6.45, 7) is 6.66. The van der Waals surface area contributed by atoms with Crippen molar-refractivity contribution in [1.29, 1.82) is 0 Å². The van der Waals surface area contributed by atoms with Crippen LogP contribution in [0.4, 0.5) is 5.82 Å². The van der Waals surface area contributed by atoms with Crippen LogP contribution in [-0.4, -0.2) is 17.1 Å². The SMILES string of the molecule is Cc1cnc(N2[C@H](C)CCC[C@@H]2C)c(Br)c1. The van der Waals surface area contributed by atoms with Crippen molar-refractivity contribution in [3.63, 3.8) is 0 Å². The van der Waals surface area contributed by atoms with Crippen LogP contribution < -0.4 is 4.90 Å². The van der Waals surface area contributed by atoms with Crippen LogP contribution >= 0.6 is 15.9 Å². The fraction of sp³-hybridized carbons (Fsp3) is 0.615. The quantitative estimate of drug-likeness (QED) is 0.776. The second kappa shape index (κ2) is 4.74. The molecule has 0 N–H and O–H groups in total. The molecule has 1 fully saturated rings. The molecule has 1 saturated heterocycles. The first-order valence-corrected chi connectivity index (χ1v) is 6.79. The fourth-order valence-corrected chi connectivity index (χ4v) is 3.22. The third-order valence-electron chi connectivity index (χ3n) is 3.40. The van der Waals surface area contributed by atoms with Gasteiger partial charge in [0.25, 0.3) is 0 Å². The van der Waals surface area contributed by atoms with Gasteiger partial charge in [-0.3, -0.25) is 0 Å². The van der Waals surface area contributed by atoms with Gasteiger partial charge >= 0.3 is 0 Å². The molecule has 1 aliphatic heterocycles. The van der Waals surface area contributed by atoms with Crippen LogP contribution in [0.3, 0.4) is 0 Å². The number of aromatic nitrogens is 1. The zero-order chi connectivity index (χ0) is 11.7. The Kier molecular flexibility index (Phi) is 3.53. The maximum absolute atomic E-state index is 4.58. The number of nitrogens with zero attached hydrogens (tertiary/aromatic N) is 2. The molecule has 0 radical (unpaired) electrons. The third-order valence-corrected chi connectivity index (χ3v) is 3.98. The molecule has 3 heteroatoms. The predicted molar refractivity (Wildman–Crippen MR) is 71.9 cm³/mol. The molecule has 0 saturated carbocycles. The van der Waals surface area contributed by atoms with Gasteiger partial charge in [0, 0.05) is 18.3 Å². The van der Waals surface area contributed by atoms with Crippen LogP contribution in [0.2, 0.25) is 0 Å². The summed E-state index contributed by atoms with van der Waals surface area (Å²) in [4.78, 5) is 7.03. The van der Waals surface area contributed by atoms with Crippen molar-refractivity contribution in [1.82, 2.24) is 4.98 Å². The normalized spacial score (nSPS) is 25.9. The van der Waals surface area contributed by atoms with Crippen LogP contribution in [-0.2, 0) is 0 Å². The lowest BCUT2D eigenvalue weighted by Gasteiger charge is -2.40. The molecule has 0 spiro atoms. The van der Waals surface area contributed by atoms with E-state index in [1.807, 2.05) is 6.20 Å². The largest absolute Gasteiger partial charge is 0.350 e. The maximum Gasteiger partial charge on any atom is 0.143 e. The van der Waals surface area contributed by atoms with E-state index >= 15 is 0 Å². The zero-order valence-corrected chi connectivity index (χ0v) is 11.8. The highest BCUT2D eigenvalue weighted by Gasteiger charge is 2.27. The molecule has 0 amide bonds. The number of hydrogen-bond donors (Lipinski definition) is 0. The average Bonchev–Trinajstić information content (AvgIpc) is 2.20. The predicted octanol–water partition coefficient (Wildman–Crippen LogP) is 3.92. The van der Waals surface area contributed by atoms with Gasteiger partial charge in [0.1, 0.15) is 5.82 Å². The van der Waals surface area contributed by atoms with Crippen molar-refractivity contribution in [2.45, 2.75) is 52.1 Å². The average molecular weight is 283 g/mol. The first kappa shape index (κ1) is 11.9. The number of halogens is 1. The molecule has 1 aromatic heterocycles. The highest BCUT2D eigenvalue weighted by Crippen LogP contribution is 2.32. The van der Waals surface area contributed by atoms with Crippen molar-refractivity contribution >= 4 is 21.7 Å². The van der Waals surface area contributed by atoms with E-state index in [-0.39, 0.29) is 0 Å². The van der Waals surface area contributed by atoms with E-state index in [0.717, 1.165) is 10.3 Å².